The second-order valence-electron chi connectivity index (χ2n) is 5.01. The van der Waals surface area contributed by atoms with Crippen LogP contribution in [0.5, 0.6) is 0 Å². The highest BCUT2D eigenvalue weighted by Crippen LogP contribution is 2.40. The van der Waals surface area contributed by atoms with Crippen molar-refractivity contribution in [2.45, 2.75) is 19.0 Å². The molecule has 8 heteroatoms. The number of para-hydroxylation sites is 1. The first-order valence-electron chi connectivity index (χ1n) is 6.61. The summed E-state index contributed by atoms with van der Waals surface area (Å²) < 4.78 is 38.6. The molecule has 1 unspecified atom stereocenters. The molecule has 0 spiro atoms. The number of nitro groups is 1. The molecule has 116 valence electrons. The van der Waals surface area contributed by atoms with Gasteiger partial charge in [-0.05, 0) is 25.0 Å². The van der Waals surface area contributed by atoms with Gasteiger partial charge < -0.3 is 10.2 Å². The zero-order chi connectivity index (χ0) is 15.6. The van der Waals surface area contributed by atoms with Crippen LogP contribution in [0.25, 0.3) is 0 Å². The van der Waals surface area contributed by atoms with E-state index < -0.39 is 17.0 Å². The summed E-state index contributed by atoms with van der Waals surface area (Å²) in [6.07, 6.45) is -3.83. The number of piperidine rings is 1. The van der Waals surface area contributed by atoms with Crippen molar-refractivity contribution in [2.24, 2.45) is 5.92 Å². The van der Waals surface area contributed by atoms with E-state index in [1.54, 1.807) is 13.1 Å². The molecule has 1 N–H and O–H groups in total. The number of alkyl halides is 3. The minimum absolute atomic E-state index is 0.0690. The van der Waals surface area contributed by atoms with Crippen LogP contribution in [-0.4, -0.2) is 31.2 Å². The van der Waals surface area contributed by atoms with Crippen molar-refractivity contribution < 1.29 is 18.1 Å². The van der Waals surface area contributed by atoms with Crippen LogP contribution < -0.4 is 10.2 Å². The number of benzene rings is 1. The fourth-order valence-electron chi connectivity index (χ4n) is 2.64. The van der Waals surface area contributed by atoms with Gasteiger partial charge in [0.05, 0.1) is 10.8 Å². The first-order chi connectivity index (χ1) is 9.84. The third-order valence-electron chi connectivity index (χ3n) is 3.69. The number of nitrogens with zero attached hydrogens (tertiary/aromatic N) is 2. The summed E-state index contributed by atoms with van der Waals surface area (Å²) in [6, 6.07) is 4.63. The van der Waals surface area contributed by atoms with Gasteiger partial charge in [-0.1, -0.05) is 6.07 Å². The molecule has 1 saturated heterocycles. The highest BCUT2D eigenvalue weighted by Gasteiger charge is 2.42. The van der Waals surface area contributed by atoms with Gasteiger partial charge in [-0.2, -0.15) is 13.2 Å². The van der Waals surface area contributed by atoms with Crippen LogP contribution >= 0.6 is 0 Å². The van der Waals surface area contributed by atoms with Crippen LogP contribution in [0.4, 0.5) is 30.2 Å². The van der Waals surface area contributed by atoms with E-state index in [0.717, 1.165) is 0 Å². The SMILES string of the molecule is CNc1cccc(N2CCCC(C(F)(F)F)C2)c1[N+](=O)[O-]. The molecular formula is C13H16F3N3O2. The first-order valence-corrected chi connectivity index (χ1v) is 6.61. The Morgan fingerprint density at radius 1 is 1.43 bits per heavy atom. The van der Waals surface area contributed by atoms with Gasteiger partial charge in [0, 0.05) is 20.1 Å². The van der Waals surface area contributed by atoms with E-state index in [1.165, 1.54) is 17.0 Å². The standard InChI is InChI=1S/C13H16F3N3O2/c1-17-10-5-2-6-11(12(10)19(20)21)18-7-3-4-9(8-18)13(14,15)16/h2,5-6,9,17H,3-4,7-8H2,1H3. The monoisotopic (exact) mass is 303 g/mol. The molecule has 0 aromatic heterocycles. The van der Waals surface area contributed by atoms with E-state index in [9.17, 15) is 23.3 Å². The highest BCUT2D eigenvalue weighted by molar-refractivity contribution is 5.77. The lowest BCUT2D eigenvalue weighted by atomic mass is 9.96. The maximum absolute atomic E-state index is 12.9. The maximum atomic E-state index is 12.9. The summed E-state index contributed by atoms with van der Waals surface area (Å²) in [5.41, 5.74) is 0.357. The topological polar surface area (TPSA) is 58.4 Å². The second-order valence-corrected chi connectivity index (χ2v) is 5.01. The molecule has 0 radical (unpaired) electrons. The molecule has 1 fully saturated rings. The van der Waals surface area contributed by atoms with Gasteiger partial charge in [0.1, 0.15) is 11.4 Å². The molecule has 0 saturated carbocycles. The zero-order valence-corrected chi connectivity index (χ0v) is 11.5. The Bertz CT molecular complexity index is 534. The summed E-state index contributed by atoms with van der Waals surface area (Å²) in [6.45, 7) is 0.151. The van der Waals surface area contributed by atoms with Gasteiger partial charge in [-0.3, -0.25) is 10.1 Å². The molecule has 0 aliphatic carbocycles. The number of nitro benzene ring substituents is 1. The molecule has 2 rings (SSSR count). The highest BCUT2D eigenvalue weighted by atomic mass is 19.4. The Labute approximate surface area is 119 Å². The first kappa shape index (κ1) is 15.4. The van der Waals surface area contributed by atoms with Gasteiger partial charge in [0.15, 0.2) is 0 Å². The third kappa shape index (κ3) is 3.20. The third-order valence-corrected chi connectivity index (χ3v) is 3.69. The van der Waals surface area contributed by atoms with Crippen molar-refractivity contribution in [3.05, 3.63) is 28.3 Å². The van der Waals surface area contributed by atoms with E-state index >= 15 is 0 Å². The average Bonchev–Trinajstić information content (AvgIpc) is 2.45. The van der Waals surface area contributed by atoms with Crippen molar-refractivity contribution in [3.8, 4) is 0 Å². The Balaban J connectivity index is 2.35. The van der Waals surface area contributed by atoms with Crippen molar-refractivity contribution in [1.82, 2.24) is 0 Å². The van der Waals surface area contributed by atoms with Crippen LogP contribution in [0.15, 0.2) is 18.2 Å². The summed E-state index contributed by atoms with van der Waals surface area (Å²) >= 11 is 0. The molecule has 0 amide bonds. The van der Waals surface area contributed by atoms with Gasteiger partial charge in [0.2, 0.25) is 0 Å². The van der Waals surface area contributed by atoms with Crippen LogP contribution in [0.3, 0.4) is 0 Å². The lowest BCUT2D eigenvalue weighted by Gasteiger charge is -2.35. The number of anilines is 2. The number of hydrogen-bond donors (Lipinski definition) is 1. The fraction of sp³-hybridized carbons (Fsp3) is 0.538. The van der Waals surface area contributed by atoms with Crippen molar-refractivity contribution >= 4 is 17.1 Å². The fourth-order valence-corrected chi connectivity index (χ4v) is 2.64. The molecule has 1 aliphatic rings. The average molecular weight is 303 g/mol. The maximum Gasteiger partial charge on any atom is 0.393 e. The minimum atomic E-state index is -4.27. The smallest absolute Gasteiger partial charge is 0.382 e. The van der Waals surface area contributed by atoms with Crippen molar-refractivity contribution in [3.63, 3.8) is 0 Å². The van der Waals surface area contributed by atoms with Gasteiger partial charge in [0.25, 0.3) is 0 Å². The lowest BCUT2D eigenvalue weighted by Crippen LogP contribution is -2.42. The summed E-state index contributed by atoms with van der Waals surface area (Å²) in [4.78, 5) is 12.1. The molecule has 1 heterocycles. The molecule has 1 aliphatic heterocycles. The molecule has 5 nitrogen and oxygen atoms in total. The molecule has 1 aromatic rings. The minimum Gasteiger partial charge on any atom is -0.382 e. The van der Waals surface area contributed by atoms with E-state index in [4.69, 9.17) is 0 Å². The Morgan fingerprint density at radius 2 is 2.14 bits per heavy atom. The molecule has 21 heavy (non-hydrogen) atoms. The van der Waals surface area contributed by atoms with Crippen LogP contribution in [0.2, 0.25) is 0 Å². The van der Waals surface area contributed by atoms with E-state index in [2.05, 4.69) is 5.32 Å². The van der Waals surface area contributed by atoms with Gasteiger partial charge >= 0.3 is 11.9 Å². The molecule has 1 atom stereocenters. The van der Waals surface area contributed by atoms with Crippen molar-refractivity contribution in [2.75, 3.05) is 30.4 Å². The quantitative estimate of drug-likeness (QED) is 0.686. The van der Waals surface area contributed by atoms with Crippen LogP contribution in [0.1, 0.15) is 12.8 Å². The molecule has 1 aromatic carbocycles. The van der Waals surface area contributed by atoms with E-state index in [0.29, 0.717) is 18.7 Å². The molecular weight excluding hydrogens is 287 g/mol. The predicted molar refractivity (Wildman–Crippen MR) is 73.6 cm³/mol. The summed E-state index contributed by atoms with van der Waals surface area (Å²) in [7, 11) is 1.54. The van der Waals surface area contributed by atoms with Crippen molar-refractivity contribution in [1.29, 1.82) is 0 Å². The summed E-state index contributed by atoms with van der Waals surface area (Å²) in [5, 5.41) is 13.9. The number of hydrogen-bond acceptors (Lipinski definition) is 4. The van der Waals surface area contributed by atoms with E-state index in [-0.39, 0.29) is 24.3 Å². The summed E-state index contributed by atoms with van der Waals surface area (Å²) in [5.74, 6) is -1.44. The molecule has 0 bridgehead atoms. The zero-order valence-electron chi connectivity index (χ0n) is 11.5. The normalized spacial score (nSPS) is 19.4. The number of halogens is 3. The van der Waals surface area contributed by atoms with Crippen LogP contribution in [0, 0.1) is 16.0 Å². The number of nitrogens with one attached hydrogen (secondary N) is 1. The van der Waals surface area contributed by atoms with Gasteiger partial charge in [-0.15, -0.1) is 0 Å². The number of rotatable bonds is 3. The lowest BCUT2D eigenvalue weighted by molar-refractivity contribution is -0.383. The largest absolute Gasteiger partial charge is 0.393 e. The second kappa shape index (κ2) is 5.79. The Morgan fingerprint density at radius 3 is 2.71 bits per heavy atom. The van der Waals surface area contributed by atoms with E-state index in [1.807, 2.05) is 0 Å². The Kier molecular flexibility index (Phi) is 4.24. The Hall–Kier alpha value is -1.99. The predicted octanol–water partition coefficient (Wildman–Crippen LogP) is 3.42. The van der Waals surface area contributed by atoms with Crippen LogP contribution in [-0.2, 0) is 0 Å². The van der Waals surface area contributed by atoms with Gasteiger partial charge in [-0.25, -0.2) is 0 Å².